The molecular formula is C25H25N3O4S. The first kappa shape index (κ1) is 22.5. The summed E-state index contributed by atoms with van der Waals surface area (Å²) < 4.78 is 10.9. The number of rotatable bonds is 5. The average molecular weight is 464 g/mol. The predicted octanol–water partition coefficient (Wildman–Crippen LogP) is 5.67. The van der Waals surface area contributed by atoms with Crippen molar-refractivity contribution in [3.8, 4) is 16.5 Å². The van der Waals surface area contributed by atoms with Gasteiger partial charge in [-0.05, 0) is 69.7 Å². The lowest BCUT2D eigenvalue weighted by atomic mass is 10.1. The third-order valence-corrected chi connectivity index (χ3v) is 6.14. The fourth-order valence-electron chi connectivity index (χ4n) is 3.40. The van der Waals surface area contributed by atoms with Gasteiger partial charge in [0.15, 0.2) is 5.82 Å². The van der Waals surface area contributed by atoms with Crippen LogP contribution in [0.25, 0.3) is 21.6 Å². The molecule has 7 nitrogen and oxygen atoms in total. The molecular weight excluding hydrogens is 438 g/mol. The van der Waals surface area contributed by atoms with Crippen molar-refractivity contribution in [2.75, 3.05) is 12.4 Å². The van der Waals surface area contributed by atoms with Crippen LogP contribution in [-0.4, -0.2) is 28.6 Å². The number of nitrogens with one attached hydrogen (secondary N) is 2. The molecule has 2 heterocycles. The summed E-state index contributed by atoms with van der Waals surface area (Å²) in [6.07, 6.45) is 0. The monoisotopic (exact) mass is 463 g/mol. The largest absolute Gasteiger partial charge is 0.497 e. The molecule has 0 aliphatic carbocycles. The van der Waals surface area contributed by atoms with Crippen LogP contribution in [0.5, 0.6) is 5.75 Å². The second-order valence-corrected chi connectivity index (χ2v) is 9.57. The molecule has 0 atom stereocenters. The van der Waals surface area contributed by atoms with Crippen molar-refractivity contribution < 1.29 is 14.3 Å². The average Bonchev–Trinajstić information content (AvgIpc) is 3.09. The quantitative estimate of drug-likeness (QED) is 0.371. The summed E-state index contributed by atoms with van der Waals surface area (Å²) in [6.45, 7) is 7.31. The fraction of sp³-hybridized carbons (Fsp3) is 0.240. The highest BCUT2D eigenvalue weighted by Gasteiger charge is 2.27. The molecule has 8 heteroatoms. The van der Waals surface area contributed by atoms with Crippen LogP contribution >= 0.6 is 11.3 Å². The van der Waals surface area contributed by atoms with E-state index in [2.05, 4.69) is 15.3 Å². The van der Waals surface area contributed by atoms with E-state index in [1.165, 1.54) is 11.3 Å². The maximum atomic E-state index is 13.1. The van der Waals surface area contributed by atoms with Gasteiger partial charge in [0.25, 0.3) is 5.56 Å². The van der Waals surface area contributed by atoms with Crippen LogP contribution in [0.15, 0.2) is 53.3 Å². The van der Waals surface area contributed by atoms with Crippen LogP contribution in [0.4, 0.5) is 10.7 Å². The number of para-hydroxylation sites is 1. The summed E-state index contributed by atoms with van der Waals surface area (Å²) in [5.41, 5.74) is 1.59. The normalized spacial score (nSPS) is 11.4. The van der Waals surface area contributed by atoms with Crippen LogP contribution in [-0.2, 0) is 4.74 Å². The van der Waals surface area contributed by atoms with Crippen molar-refractivity contribution in [3.05, 3.63) is 70.0 Å². The summed E-state index contributed by atoms with van der Waals surface area (Å²) in [7, 11) is 1.61. The Morgan fingerprint density at radius 2 is 1.79 bits per heavy atom. The zero-order chi connectivity index (χ0) is 23.8. The van der Waals surface area contributed by atoms with E-state index in [1.54, 1.807) is 25.3 Å². The van der Waals surface area contributed by atoms with Crippen molar-refractivity contribution in [3.63, 3.8) is 0 Å². The molecule has 170 valence electrons. The minimum absolute atomic E-state index is 0.230. The summed E-state index contributed by atoms with van der Waals surface area (Å²) in [4.78, 5) is 34.0. The van der Waals surface area contributed by atoms with Crippen LogP contribution in [0.3, 0.4) is 0 Å². The Kier molecular flexibility index (Phi) is 5.95. The van der Waals surface area contributed by atoms with Gasteiger partial charge >= 0.3 is 5.97 Å². The number of hydrogen-bond acceptors (Lipinski definition) is 7. The summed E-state index contributed by atoms with van der Waals surface area (Å²) >= 11 is 1.34. The minimum atomic E-state index is -0.654. The second-order valence-electron chi connectivity index (χ2n) is 8.55. The number of carbonyl (C=O) groups is 1. The summed E-state index contributed by atoms with van der Waals surface area (Å²) in [5.74, 6) is 0.698. The molecule has 0 spiro atoms. The number of aromatic amines is 1. The fourth-order valence-corrected chi connectivity index (χ4v) is 4.56. The van der Waals surface area contributed by atoms with Gasteiger partial charge in [-0.25, -0.2) is 9.78 Å². The first-order valence-electron chi connectivity index (χ1n) is 10.4. The Morgan fingerprint density at radius 3 is 2.45 bits per heavy atom. The summed E-state index contributed by atoms with van der Waals surface area (Å²) in [5, 5.41) is 4.44. The maximum Gasteiger partial charge on any atom is 0.341 e. The number of benzene rings is 2. The number of anilines is 2. The first-order valence-corrected chi connectivity index (χ1v) is 11.2. The maximum absolute atomic E-state index is 13.1. The van der Waals surface area contributed by atoms with E-state index in [4.69, 9.17) is 9.47 Å². The number of aromatic nitrogens is 2. The molecule has 0 aliphatic rings. The Labute approximate surface area is 195 Å². The molecule has 0 radical (unpaired) electrons. The number of nitrogens with zero attached hydrogens (tertiary/aromatic N) is 1. The van der Waals surface area contributed by atoms with Gasteiger partial charge in [0, 0.05) is 5.69 Å². The van der Waals surface area contributed by atoms with Crippen LogP contribution < -0.4 is 15.6 Å². The van der Waals surface area contributed by atoms with Crippen molar-refractivity contribution >= 4 is 38.9 Å². The molecule has 2 aromatic carbocycles. The van der Waals surface area contributed by atoms with E-state index in [9.17, 15) is 9.59 Å². The zero-order valence-electron chi connectivity index (χ0n) is 19.1. The minimum Gasteiger partial charge on any atom is -0.497 e. The number of esters is 1. The van der Waals surface area contributed by atoms with Gasteiger partial charge in [0.1, 0.15) is 16.4 Å². The van der Waals surface area contributed by atoms with Crippen LogP contribution in [0, 0.1) is 6.92 Å². The van der Waals surface area contributed by atoms with Gasteiger partial charge in [0.2, 0.25) is 0 Å². The SMILES string of the molecule is COc1ccc(Nc2sc(-c3nc4ccccc4c(=O)[nH]3)c(C)c2C(=O)OC(C)(C)C)cc1. The third kappa shape index (κ3) is 4.75. The van der Waals surface area contributed by atoms with Crippen LogP contribution in [0.1, 0.15) is 36.7 Å². The topological polar surface area (TPSA) is 93.3 Å². The van der Waals surface area contributed by atoms with Crippen molar-refractivity contribution in [2.24, 2.45) is 0 Å². The molecule has 0 saturated carbocycles. The lowest BCUT2D eigenvalue weighted by Gasteiger charge is -2.20. The molecule has 0 saturated heterocycles. The Morgan fingerprint density at radius 1 is 1.09 bits per heavy atom. The molecule has 0 unspecified atom stereocenters. The van der Waals surface area contributed by atoms with Crippen molar-refractivity contribution in [1.29, 1.82) is 0 Å². The standard InChI is InChI=1S/C25H25N3O4S/c1-14-19(24(30)32-25(2,3)4)23(26-15-10-12-16(31-5)13-11-15)33-20(14)21-27-18-9-7-6-8-17(18)22(29)28-21/h6-13,26H,1-5H3,(H,27,28,29). The van der Waals surface area contributed by atoms with Gasteiger partial charge in [0.05, 0.1) is 28.5 Å². The van der Waals surface area contributed by atoms with Crippen molar-refractivity contribution in [1.82, 2.24) is 9.97 Å². The van der Waals surface area contributed by atoms with Crippen molar-refractivity contribution in [2.45, 2.75) is 33.3 Å². The molecule has 0 fully saturated rings. The molecule has 0 aliphatic heterocycles. The molecule has 2 aromatic heterocycles. The zero-order valence-corrected chi connectivity index (χ0v) is 19.9. The molecule has 0 amide bonds. The highest BCUT2D eigenvalue weighted by molar-refractivity contribution is 7.20. The van der Waals surface area contributed by atoms with E-state index >= 15 is 0 Å². The van der Waals surface area contributed by atoms with Gasteiger partial charge in [-0.1, -0.05) is 12.1 Å². The smallest absolute Gasteiger partial charge is 0.341 e. The Balaban J connectivity index is 1.84. The van der Waals surface area contributed by atoms with Gasteiger partial charge in [-0.15, -0.1) is 11.3 Å². The van der Waals surface area contributed by atoms with E-state index in [0.717, 1.165) is 11.4 Å². The highest BCUT2D eigenvalue weighted by Crippen LogP contribution is 2.41. The predicted molar refractivity (Wildman–Crippen MR) is 132 cm³/mol. The van der Waals surface area contributed by atoms with Gasteiger partial charge < -0.3 is 19.8 Å². The molecule has 2 N–H and O–H groups in total. The third-order valence-electron chi connectivity index (χ3n) is 4.93. The van der Waals surface area contributed by atoms with Crippen LogP contribution in [0.2, 0.25) is 0 Å². The number of H-pyrrole nitrogens is 1. The van der Waals surface area contributed by atoms with Gasteiger partial charge in [-0.3, -0.25) is 4.79 Å². The number of ether oxygens (including phenoxy) is 2. The number of carbonyl (C=O) groups excluding carboxylic acids is 1. The Hall–Kier alpha value is -3.65. The second kappa shape index (κ2) is 8.71. The molecule has 33 heavy (non-hydrogen) atoms. The van der Waals surface area contributed by atoms with E-state index in [1.807, 2.05) is 58.0 Å². The number of fused-ring (bicyclic) bond motifs is 1. The number of methoxy groups -OCH3 is 1. The molecule has 4 rings (SSSR count). The number of thiophene rings is 1. The lowest BCUT2D eigenvalue weighted by molar-refractivity contribution is 0.00705. The van der Waals surface area contributed by atoms with E-state index in [0.29, 0.717) is 37.7 Å². The lowest BCUT2D eigenvalue weighted by Crippen LogP contribution is -2.24. The Bertz CT molecular complexity index is 1380. The molecule has 0 bridgehead atoms. The molecule has 4 aromatic rings. The number of hydrogen-bond donors (Lipinski definition) is 2. The van der Waals surface area contributed by atoms with E-state index in [-0.39, 0.29) is 5.56 Å². The highest BCUT2D eigenvalue weighted by atomic mass is 32.1. The summed E-state index contributed by atoms with van der Waals surface area (Å²) in [6, 6.07) is 14.6. The first-order chi connectivity index (χ1) is 15.7. The van der Waals surface area contributed by atoms with E-state index < -0.39 is 11.6 Å². The van der Waals surface area contributed by atoms with Gasteiger partial charge in [-0.2, -0.15) is 0 Å².